The lowest BCUT2D eigenvalue weighted by atomic mass is 10.2. The summed E-state index contributed by atoms with van der Waals surface area (Å²) >= 11 is 0. The van der Waals surface area contributed by atoms with E-state index in [-0.39, 0.29) is 11.7 Å². The van der Waals surface area contributed by atoms with Crippen molar-refractivity contribution >= 4 is 22.7 Å². The number of nitrogens with one attached hydrogen (secondary N) is 1. The highest BCUT2D eigenvalue weighted by Gasteiger charge is 2.14. The third-order valence-corrected chi connectivity index (χ3v) is 3.73. The maximum absolute atomic E-state index is 12.1. The number of fused-ring (bicyclic) bond motifs is 1. The first-order valence-corrected chi connectivity index (χ1v) is 7.63. The lowest BCUT2D eigenvalue weighted by Gasteiger charge is -2.03. The van der Waals surface area contributed by atoms with Gasteiger partial charge in [-0.3, -0.25) is 4.79 Å². The number of carbonyl (C=O) groups excluding carboxylic acids is 1. The van der Waals surface area contributed by atoms with Crippen molar-refractivity contribution in [3.63, 3.8) is 0 Å². The smallest absolute Gasteiger partial charge is 0.291 e. The molecule has 0 bridgehead atoms. The normalized spacial score (nSPS) is 10.8. The molecule has 4 aromatic rings. The van der Waals surface area contributed by atoms with Crippen LogP contribution in [0.15, 0.2) is 69.7 Å². The number of amides is 1. The van der Waals surface area contributed by atoms with E-state index in [1.54, 1.807) is 37.4 Å². The Morgan fingerprint density at radius 1 is 1.12 bits per heavy atom. The molecule has 0 aliphatic heterocycles. The number of ether oxygens (including phenoxy) is 1. The van der Waals surface area contributed by atoms with Gasteiger partial charge in [0.25, 0.3) is 5.91 Å². The van der Waals surface area contributed by atoms with Gasteiger partial charge in [0.1, 0.15) is 11.3 Å². The molecule has 2 heterocycles. The average Bonchev–Trinajstić information content (AvgIpc) is 3.31. The number of methoxy groups -OCH3 is 1. The van der Waals surface area contributed by atoms with E-state index in [4.69, 9.17) is 13.6 Å². The monoisotopic (exact) mass is 334 g/mol. The number of benzene rings is 2. The number of oxazole rings is 1. The molecule has 0 aliphatic rings. The number of aromatic nitrogens is 1. The minimum Gasteiger partial charge on any atom is -0.496 e. The van der Waals surface area contributed by atoms with Gasteiger partial charge < -0.3 is 18.9 Å². The van der Waals surface area contributed by atoms with Crippen molar-refractivity contribution in [1.29, 1.82) is 0 Å². The number of carbonyl (C=O) groups is 1. The van der Waals surface area contributed by atoms with Gasteiger partial charge in [-0.05, 0) is 36.4 Å². The maximum atomic E-state index is 12.1. The lowest BCUT2D eigenvalue weighted by molar-refractivity contribution is 0.0996. The van der Waals surface area contributed by atoms with Gasteiger partial charge in [-0.1, -0.05) is 12.1 Å². The Bertz CT molecular complexity index is 1030. The third kappa shape index (κ3) is 2.85. The van der Waals surface area contributed by atoms with Gasteiger partial charge in [0, 0.05) is 11.8 Å². The summed E-state index contributed by atoms with van der Waals surface area (Å²) < 4.78 is 16.3. The minimum absolute atomic E-state index is 0.243. The molecule has 6 nitrogen and oxygen atoms in total. The van der Waals surface area contributed by atoms with Gasteiger partial charge in [-0.25, -0.2) is 4.98 Å². The highest BCUT2D eigenvalue weighted by atomic mass is 16.5. The molecule has 0 atom stereocenters. The summed E-state index contributed by atoms with van der Waals surface area (Å²) in [6.45, 7) is 0. The summed E-state index contributed by atoms with van der Waals surface area (Å²) in [6.07, 6.45) is 1.45. The topological polar surface area (TPSA) is 77.5 Å². The molecule has 1 amide bonds. The Morgan fingerprint density at radius 3 is 2.80 bits per heavy atom. The molecule has 124 valence electrons. The van der Waals surface area contributed by atoms with E-state index in [0.29, 0.717) is 28.4 Å². The van der Waals surface area contributed by atoms with E-state index < -0.39 is 0 Å². The molecule has 0 unspecified atom stereocenters. The van der Waals surface area contributed by atoms with E-state index in [1.165, 1.54) is 6.26 Å². The molecule has 0 fully saturated rings. The number of rotatable bonds is 4. The molecule has 25 heavy (non-hydrogen) atoms. The fraction of sp³-hybridized carbons (Fsp3) is 0.0526. The molecular formula is C19H14N2O4. The van der Waals surface area contributed by atoms with Crippen LogP contribution in [0.4, 0.5) is 5.69 Å². The molecule has 0 aliphatic carbocycles. The van der Waals surface area contributed by atoms with E-state index in [9.17, 15) is 4.79 Å². The Hall–Kier alpha value is -3.54. The van der Waals surface area contributed by atoms with E-state index in [0.717, 1.165) is 5.56 Å². The standard InChI is InChI=1S/C19H14N2O4/c1-23-15-6-3-2-5-13(15)19-21-14-9-8-12(11-17(14)25-19)20-18(22)16-7-4-10-24-16/h2-11H,1H3,(H,20,22). The van der Waals surface area contributed by atoms with Crippen LogP contribution in [0, 0.1) is 0 Å². The fourth-order valence-corrected chi connectivity index (χ4v) is 2.54. The zero-order valence-corrected chi connectivity index (χ0v) is 13.4. The lowest BCUT2D eigenvalue weighted by Crippen LogP contribution is -2.10. The van der Waals surface area contributed by atoms with Crippen molar-refractivity contribution in [2.45, 2.75) is 0 Å². The van der Waals surface area contributed by atoms with Crippen LogP contribution in [0.3, 0.4) is 0 Å². The second kappa shape index (κ2) is 6.16. The largest absolute Gasteiger partial charge is 0.496 e. The Labute approximate surface area is 143 Å². The van der Waals surface area contributed by atoms with Crippen LogP contribution in [0.1, 0.15) is 10.6 Å². The quantitative estimate of drug-likeness (QED) is 0.600. The summed E-state index contributed by atoms with van der Waals surface area (Å²) in [6, 6.07) is 16.0. The van der Waals surface area contributed by atoms with E-state index in [1.807, 2.05) is 24.3 Å². The van der Waals surface area contributed by atoms with Crippen molar-refractivity contribution < 1.29 is 18.4 Å². The number of anilines is 1. The average molecular weight is 334 g/mol. The summed E-state index contributed by atoms with van der Waals surface area (Å²) in [5, 5.41) is 2.76. The molecule has 6 heteroatoms. The highest BCUT2D eigenvalue weighted by Crippen LogP contribution is 2.32. The molecule has 0 spiro atoms. The van der Waals surface area contributed by atoms with Crippen molar-refractivity contribution in [1.82, 2.24) is 4.98 Å². The summed E-state index contributed by atoms with van der Waals surface area (Å²) in [5.41, 5.74) is 2.62. The zero-order valence-electron chi connectivity index (χ0n) is 13.4. The number of para-hydroxylation sites is 1. The molecular weight excluding hydrogens is 320 g/mol. The van der Waals surface area contributed by atoms with E-state index in [2.05, 4.69) is 10.3 Å². The van der Waals surface area contributed by atoms with Crippen molar-refractivity contribution in [2.24, 2.45) is 0 Å². The van der Waals surface area contributed by atoms with Crippen LogP contribution in [0.5, 0.6) is 5.75 Å². The third-order valence-electron chi connectivity index (χ3n) is 3.73. The summed E-state index contributed by atoms with van der Waals surface area (Å²) in [7, 11) is 1.60. The molecule has 4 rings (SSSR count). The fourth-order valence-electron chi connectivity index (χ4n) is 2.54. The number of hydrogen-bond acceptors (Lipinski definition) is 5. The molecule has 1 N–H and O–H groups in total. The second-order valence-electron chi connectivity index (χ2n) is 5.33. The van der Waals surface area contributed by atoms with Crippen LogP contribution in [-0.2, 0) is 0 Å². The highest BCUT2D eigenvalue weighted by molar-refractivity contribution is 6.03. The summed E-state index contributed by atoms with van der Waals surface area (Å²) in [5.74, 6) is 1.06. The first kappa shape index (κ1) is 15.0. The van der Waals surface area contributed by atoms with Crippen LogP contribution in [-0.4, -0.2) is 18.0 Å². The molecule has 2 aromatic carbocycles. The molecule has 0 radical (unpaired) electrons. The zero-order chi connectivity index (χ0) is 17.2. The van der Waals surface area contributed by atoms with Gasteiger partial charge in [0.05, 0.1) is 18.9 Å². The number of hydrogen-bond donors (Lipinski definition) is 1. The first-order chi connectivity index (χ1) is 12.2. The van der Waals surface area contributed by atoms with Gasteiger partial charge in [-0.2, -0.15) is 0 Å². The van der Waals surface area contributed by atoms with Crippen LogP contribution < -0.4 is 10.1 Å². The minimum atomic E-state index is -0.325. The van der Waals surface area contributed by atoms with Gasteiger partial charge >= 0.3 is 0 Å². The number of furan rings is 1. The van der Waals surface area contributed by atoms with Crippen LogP contribution in [0.2, 0.25) is 0 Å². The van der Waals surface area contributed by atoms with Gasteiger partial charge in [0.15, 0.2) is 11.3 Å². The van der Waals surface area contributed by atoms with Crippen molar-refractivity contribution in [2.75, 3.05) is 12.4 Å². The Kier molecular flexibility index (Phi) is 3.70. The first-order valence-electron chi connectivity index (χ1n) is 7.63. The predicted octanol–water partition coefficient (Wildman–Crippen LogP) is 4.35. The summed E-state index contributed by atoms with van der Waals surface area (Å²) in [4.78, 5) is 16.5. The predicted molar refractivity (Wildman–Crippen MR) is 92.7 cm³/mol. The van der Waals surface area contributed by atoms with Gasteiger partial charge in [0.2, 0.25) is 5.89 Å². The van der Waals surface area contributed by atoms with Crippen LogP contribution in [0.25, 0.3) is 22.6 Å². The van der Waals surface area contributed by atoms with Gasteiger partial charge in [-0.15, -0.1) is 0 Å². The van der Waals surface area contributed by atoms with Crippen LogP contribution >= 0.6 is 0 Å². The Morgan fingerprint density at radius 2 is 2.00 bits per heavy atom. The SMILES string of the molecule is COc1ccccc1-c1nc2ccc(NC(=O)c3ccco3)cc2o1. The second-order valence-corrected chi connectivity index (χ2v) is 5.33. The maximum Gasteiger partial charge on any atom is 0.291 e. The van der Waals surface area contributed by atoms with Crippen molar-refractivity contribution in [3.05, 3.63) is 66.6 Å². The Balaban J connectivity index is 1.67. The molecule has 0 saturated carbocycles. The molecule has 0 saturated heterocycles. The number of nitrogens with zero attached hydrogens (tertiary/aromatic N) is 1. The molecule has 2 aromatic heterocycles. The van der Waals surface area contributed by atoms with Crippen molar-refractivity contribution in [3.8, 4) is 17.2 Å². The van der Waals surface area contributed by atoms with E-state index >= 15 is 0 Å².